The van der Waals surface area contributed by atoms with Crippen LogP contribution in [0.5, 0.6) is 0 Å². The van der Waals surface area contributed by atoms with Gasteiger partial charge >= 0.3 is 0 Å². The smallest absolute Gasteiger partial charge is 0.299 e. The van der Waals surface area contributed by atoms with Crippen LogP contribution in [-0.4, -0.2) is 37.9 Å². The normalized spacial score (nSPS) is 19.2. The van der Waals surface area contributed by atoms with E-state index in [-0.39, 0.29) is 0 Å². The van der Waals surface area contributed by atoms with Crippen LogP contribution in [0.25, 0.3) is 0 Å². The van der Waals surface area contributed by atoms with Crippen molar-refractivity contribution in [3.8, 4) is 0 Å². The van der Waals surface area contributed by atoms with Gasteiger partial charge in [0.15, 0.2) is 0 Å². The number of carbonyl (C=O) groups is 2. The van der Waals surface area contributed by atoms with Crippen LogP contribution < -0.4 is 9.80 Å². The van der Waals surface area contributed by atoms with Gasteiger partial charge in [0, 0.05) is 0 Å². The number of halogens is 1. The number of amides is 1. The Morgan fingerprint density at radius 1 is 1.19 bits per heavy atom. The summed E-state index contributed by atoms with van der Waals surface area (Å²) in [6, 6.07) is 3.56. The molecule has 21 heavy (non-hydrogen) atoms. The van der Waals surface area contributed by atoms with Gasteiger partial charge < -0.3 is 4.90 Å². The number of hydrogen-bond donors (Lipinski definition) is 1. The highest BCUT2D eigenvalue weighted by molar-refractivity contribution is 6.55. The maximum absolute atomic E-state index is 12.2. The van der Waals surface area contributed by atoms with Gasteiger partial charge in [-0.3, -0.25) is 14.5 Å². The fourth-order valence-corrected chi connectivity index (χ4v) is 3.59. The lowest BCUT2D eigenvalue weighted by Crippen LogP contribution is -3.13. The van der Waals surface area contributed by atoms with E-state index in [1.54, 1.807) is 11.0 Å². The van der Waals surface area contributed by atoms with E-state index in [1.165, 1.54) is 24.2 Å². The minimum absolute atomic E-state index is 0.377. The summed E-state index contributed by atoms with van der Waals surface area (Å²) in [5.74, 6) is -0.898. The Hall–Kier alpha value is -1.39. The maximum Gasteiger partial charge on any atom is 0.299 e. The van der Waals surface area contributed by atoms with E-state index in [0.717, 1.165) is 25.2 Å². The molecule has 1 fully saturated rings. The van der Waals surface area contributed by atoms with Crippen molar-refractivity contribution in [2.75, 3.05) is 31.1 Å². The number of Topliss-reactive ketones (excluding diaryl/α,β-unsaturated/α-hetero) is 1. The molecule has 4 nitrogen and oxygen atoms in total. The number of nitrogens with one attached hydrogen (secondary N) is 1. The zero-order valence-corrected chi connectivity index (χ0v) is 13.0. The molecular weight excluding hydrogens is 288 g/mol. The third-order valence-corrected chi connectivity index (χ3v) is 4.83. The van der Waals surface area contributed by atoms with Gasteiger partial charge in [-0.2, -0.15) is 0 Å². The molecule has 0 aromatic heterocycles. The molecular formula is C16H20ClN2O2+. The zero-order chi connectivity index (χ0) is 15.0. The number of benzene rings is 1. The van der Waals surface area contributed by atoms with Crippen LogP contribution in [0.4, 0.5) is 5.69 Å². The first-order valence-electron chi connectivity index (χ1n) is 7.58. The molecule has 0 bridgehead atoms. The van der Waals surface area contributed by atoms with Crippen LogP contribution in [-0.2, 0) is 4.79 Å². The zero-order valence-electron chi connectivity index (χ0n) is 12.2. The molecule has 1 aromatic rings. The highest BCUT2D eigenvalue weighted by atomic mass is 35.5. The number of anilines is 1. The number of ketones is 1. The molecule has 3 rings (SSSR count). The van der Waals surface area contributed by atoms with Crippen LogP contribution in [0.15, 0.2) is 12.1 Å². The van der Waals surface area contributed by atoms with Crippen molar-refractivity contribution in [1.82, 2.24) is 0 Å². The van der Waals surface area contributed by atoms with Crippen molar-refractivity contribution in [2.45, 2.75) is 26.2 Å². The van der Waals surface area contributed by atoms with E-state index in [1.807, 2.05) is 13.0 Å². The second kappa shape index (κ2) is 5.78. The van der Waals surface area contributed by atoms with Gasteiger partial charge in [0.05, 0.1) is 42.5 Å². The van der Waals surface area contributed by atoms with E-state index < -0.39 is 11.7 Å². The number of carbonyl (C=O) groups excluding carboxylic acids is 2. The summed E-state index contributed by atoms with van der Waals surface area (Å²) < 4.78 is 0. The van der Waals surface area contributed by atoms with Crippen LogP contribution in [0.1, 0.15) is 35.2 Å². The lowest BCUT2D eigenvalue weighted by molar-refractivity contribution is -0.903. The Balaban J connectivity index is 1.82. The number of aryl methyl sites for hydroxylation is 1. The van der Waals surface area contributed by atoms with Crippen LogP contribution >= 0.6 is 11.6 Å². The first-order chi connectivity index (χ1) is 10.1. The minimum Gasteiger partial charge on any atom is -0.333 e. The molecule has 0 saturated carbocycles. The van der Waals surface area contributed by atoms with Crippen LogP contribution in [0.3, 0.4) is 0 Å². The van der Waals surface area contributed by atoms with Crippen molar-refractivity contribution in [3.05, 3.63) is 28.3 Å². The molecule has 112 valence electrons. The van der Waals surface area contributed by atoms with Gasteiger partial charge in [-0.05, 0) is 37.8 Å². The molecule has 2 aliphatic heterocycles. The second-order valence-electron chi connectivity index (χ2n) is 5.93. The van der Waals surface area contributed by atoms with E-state index >= 15 is 0 Å². The van der Waals surface area contributed by atoms with Gasteiger partial charge in [0.2, 0.25) is 0 Å². The van der Waals surface area contributed by atoms with Crippen LogP contribution in [0.2, 0.25) is 5.02 Å². The summed E-state index contributed by atoms with van der Waals surface area (Å²) in [6.45, 7) is 5.73. The first kappa shape index (κ1) is 14.5. The lowest BCUT2D eigenvalue weighted by atomic mass is 10.1. The number of nitrogens with zero attached hydrogens (tertiary/aromatic N) is 1. The SMILES string of the molecule is Cc1ccc(Cl)c2c1N(CC[NH+]1CCCCC1)C(=O)C2=O. The molecule has 0 radical (unpaired) electrons. The van der Waals surface area contributed by atoms with Crippen molar-refractivity contribution in [3.63, 3.8) is 0 Å². The average molecular weight is 308 g/mol. The molecule has 1 amide bonds. The molecule has 2 heterocycles. The number of rotatable bonds is 3. The average Bonchev–Trinajstić information content (AvgIpc) is 2.75. The third-order valence-electron chi connectivity index (χ3n) is 4.51. The first-order valence-corrected chi connectivity index (χ1v) is 7.96. The van der Waals surface area contributed by atoms with Gasteiger partial charge in [-0.1, -0.05) is 17.7 Å². The molecule has 0 spiro atoms. The Kier molecular flexibility index (Phi) is 4.00. The molecule has 1 N–H and O–H groups in total. The Labute approximate surface area is 129 Å². The molecule has 0 unspecified atom stereocenters. The largest absolute Gasteiger partial charge is 0.333 e. The number of hydrogen-bond acceptors (Lipinski definition) is 2. The quantitative estimate of drug-likeness (QED) is 0.854. The van der Waals surface area contributed by atoms with E-state index in [0.29, 0.717) is 22.8 Å². The monoisotopic (exact) mass is 307 g/mol. The molecule has 1 aromatic carbocycles. The fourth-order valence-electron chi connectivity index (χ4n) is 3.35. The second-order valence-corrected chi connectivity index (χ2v) is 6.34. The molecule has 1 saturated heterocycles. The standard InChI is InChI=1S/C16H19ClN2O2/c1-11-5-6-12(17)13-14(11)19(16(21)15(13)20)10-9-18-7-3-2-4-8-18/h5-6H,2-4,7-10H2,1H3/p+1. The third kappa shape index (κ3) is 2.58. The van der Waals surface area contributed by atoms with Crippen molar-refractivity contribution in [2.24, 2.45) is 0 Å². The van der Waals surface area contributed by atoms with Gasteiger partial charge in [-0.15, -0.1) is 0 Å². The summed E-state index contributed by atoms with van der Waals surface area (Å²) in [5.41, 5.74) is 2.03. The number of likely N-dealkylation sites (tertiary alicyclic amines) is 1. The predicted molar refractivity (Wildman–Crippen MR) is 82.3 cm³/mol. The van der Waals surface area contributed by atoms with Crippen molar-refractivity contribution < 1.29 is 14.5 Å². The molecule has 0 aliphatic carbocycles. The highest BCUT2D eigenvalue weighted by Gasteiger charge is 2.39. The number of piperidine rings is 1. The summed E-state index contributed by atoms with van der Waals surface area (Å²) in [7, 11) is 0. The Morgan fingerprint density at radius 2 is 1.90 bits per heavy atom. The molecule has 0 atom stereocenters. The van der Waals surface area contributed by atoms with Crippen molar-refractivity contribution in [1.29, 1.82) is 0 Å². The minimum atomic E-state index is -0.465. The molecule has 5 heteroatoms. The summed E-state index contributed by atoms with van der Waals surface area (Å²) in [5, 5.41) is 0.377. The fraction of sp³-hybridized carbons (Fsp3) is 0.500. The summed E-state index contributed by atoms with van der Waals surface area (Å²) >= 11 is 6.11. The predicted octanol–water partition coefficient (Wildman–Crippen LogP) is 1.25. The number of fused-ring (bicyclic) bond motifs is 1. The van der Waals surface area contributed by atoms with Crippen molar-refractivity contribution >= 4 is 29.0 Å². The Bertz CT molecular complexity index is 594. The maximum atomic E-state index is 12.2. The number of quaternary nitrogens is 1. The van der Waals surface area contributed by atoms with Gasteiger partial charge in [0.1, 0.15) is 0 Å². The van der Waals surface area contributed by atoms with E-state index in [4.69, 9.17) is 11.6 Å². The lowest BCUT2D eigenvalue weighted by Gasteiger charge is -2.26. The molecule has 2 aliphatic rings. The summed E-state index contributed by atoms with van der Waals surface area (Å²) in [4.78, 5) is 27.5. The van der Waals surface area contributed by atoms with Crippen LogP contribution in [0, 0.1) is 6.92 Å². The van der Waals surface area contributed by atoms with E-state index in [2.05, 4.69) is 0 Å². The summed E-state index contributed by atoms with van der Waals surface area (Å²) in [6.07, 6.45) is 3.81. The van der Waals surface area contributed by atoms with Gasteiger partial charge in [-0.25, -0.2) is 0 Å². The highest BCUT2D eigenvalue weighted by Crippen LogP contribution is 2.36. The Morgan fingerprint density at radius 3 is 2.62 bits per heavy atom. The topological polar surface area (TPSA) is 41.8 Å². The van der Waals surface area contributed by atoms with Gasteiger partial charge in [0.25, 0.3) is 11.7 Å². The van der Waals surface area contributed by atoms with E-state index in [9.17, 15) is 9.59 Å².